The third-order valence-electron chi connectivity index (χ3n) is 3.74. The second kappa shape index (κ2) is 5.80. The molecule has 0 saturated carbocycles. The highest BCUT2D eigenvalue weighted by molar-refractivity contribution is 9.10. The molecule has 19 heavy (non-hydrogen) atoms. The minimum Gasteiger partial charge on any atom is -0.0786 e. The lowest BCUT2D eigenvalue weighted by Gasteiger charge is -2.18. The van der Waals surface area contributed by atoms with Crippen LogP contribution in [-0.4, -0.2) is 0 Å². The molecule has 0 aromatic heterocycles. The molecule has 0 saturated heterocycles. The second-order valence-corrected chi connectivity index (χ2v) is 6.88. The van der Waals surface area contributed by atoms with E-state index >= 15 is 0 Å². The molecule has 0 bridgehead atoms. The molecule has 0 aliphatic heterocycles. The average molecular weight is 382 g/mol. The van der Waals surface area contributed by atoms with Gasteiger partial charge in [0, 0.05) is 4.47 Å². The molecule has 0 amide bonds. The summed E-state index contributed by atoms with van der Waals surface area (Å²) in [5.74, 6) is 0. The van der Waals surface area contributed by atoms with Crippen molar-refractivity contribution < 1.29 is 0 Å². The summed E-state index contributed by atoms with van der Waals surface area (Å²) in [6.45, 7) is 8.66. The lowest BCUT2D eigenvalue weighted by Crippen LogP contribution is -2.00. The molecule has 1 atom stereocenters. The first-order valence-corrected chi connectivity index (χ1v) is 8.09. The van der Waals surface area contributed by atoms with Gasteiger partial charge in [0.2, 0.25) is 0 Å². The minimum atomic E-state index is 0.249. The predicted octanol–water partition coefficient (Wildman–Crippen LogP) is 6.17. The van der Waals surface area contributed by atoms with Crippen LogP contribution in [-0.2, 0) is 0 Å². The Hall–Kier alpha value is -0.600. The maximum atomic E-state index is 3.87. The molecule has 100 valence electrons. The van der Waals surface area contributed by atoms with Crippen molar-refractivity contribution in [1.29, 1.82) is 0 Å². The van der Waals surface area contributed by atoms with E-state index in [1.165, 1.54) is 37.9 Å². The van der Waals surface area contributed by atoms with Crippen molar-refractivity contribution in [2.75, 3.05) is 0 Å². The average Bonchev–Trinajstić information content (AvgIpc) is 2.36. The molecule has 0 aliphatic carbocycles. The Kier molecular flexibility index (Phi) is 4.52. The Bertz CT molecular complexity index is 615. The maximum absolute atomic E-state index is 3.87. The fourth-order valence-electron chi connectivity index (χ4n) is 2.29. The van der Waals surface area contributed by atoms with Crippen LogP contribution in [0.25, 0.3) is 0 Å². The lowest BCUT2D eigenvalue weighted by atomic mass is 9.94. The van der Waals surface area contributed by atoms with E-state index < -0.39 is 0 Å². The Balaban J connectivity index is 2.53. The van der Waals surface area contributed by atoms with Crippen molar-refractivity contribution in [3.05, 3.63) is 68.2 Å². The Morgan fingerprint density at radius 2 is 1.53 bits per heavy atom. The largest absolute Gasteiger partial charge is 0.0786 e. The predicted molar refractivity (Wildman–Crippen MR) is 90.3 cm³/mol. The molecular formula is C17H18Br2. The molecule has 0 heterocycles. The van der Waals surface area contributed by atoms with E-state index in [1.807, 2.05) is 0 Å². The van der Waals surface area contributed by atoms with E-state index in [4.69, 9.17) is 0 Å². The maximum Gasteiger partial charge on any atom is 0.0649 e. The van der Waals surface area contributed by atoms with Crippen LogP contribution in [0, 0.1) is 27.7 Å². The van der Waals surface area contributed by atoms with E-state index in [9.17, 15) is 0 Å². The fraction of sp³-hybridized carbons (Fsp3) is 0.294. The normalized spacial score (nSPS) is 12.5. The molecule has 0 nitrogen and oxygen atoms in total. The van der Waals surface area contributed by atoms with Crippen LogP contribution >= 0.6 is 31.9 Å². The summed E-state index contributed by atoms with van der Waals surface area (Å²) in [5.41, 5.74) is 7.98. The van der Waals surface area contributed by atoms with Crippen LogP contribution < -0.4 is 0 Å². The third-order valence-corrected chi connectivity index (χ3v) is 5.58. The van der Waals surface area contributed by atoms with Crippen molar-refractivity contribution in [3.63, 3.8) is 0 Å². The monoisotopic (exact) mass is 380 g/mol. The number of benzene rings is 2. The molecule has 0 spiro atoms. The Labute approximate surface area is 132 Å². The topological polar surface area (TPSA) is 0 Å². The van der Waals surface area contributed by atoms with E-state index in [0.717, 1.165) is 0 Å². The standard InChI is InChI=1S/C17H18Br2/c1-10-6-5-7-14(13(10)4)17(19)15-8-12(3)16(18)9-11(15)2/h5-9,17H,1-4H3. The third kappa shape index (κ3) is 2.95. The first kappa shape index (κ1) is 14.8. The summed E-state index contributed by atoms with van der Waals surface area (Å²) in [6.07, 6.45) is 0. The minimum absolute atomic E-state index is 0.249. The van der Waals surface area contributed by atoms with Gasteiger partial charge in [0.1, 0.15) is 0 Å². The van der Waals surface area contributed by atoms with Gasteiger partial charge in [-0.25, -0.2) is 0 Å². The van der Waals surface area contributed by atoms with Crippen molar-refractivity contribution in [2.24, 2.45) is 0 Å². The fourth-order valence-corrected chi connectivity index (χ4v) is 3.74. The van der Waals surface area contributed by atoms with Crippen LogP contribution in [0.2, 0.25) is 0 Å². The number of halogens is 2. The molecule has 1 unspecified atom stereocenters. The molecule has 2 aromatic carbocycles. The van der Waals surface area contributed by atoms with Gasteiger partial charge in [-0.1, -0.05) is 56.1 Å². The second-order valence-electron chi connectivity index (χ2n) is 5.11. The highest BCUT2D eigenvalue weighted by atomic mass is 79.9. The van der Waals surface area contributed by atoms with E-state index in [-0.39, 0.29) is 4.83 Å². The summed E-state index contributed by atoms with van der Waals surface area (Å²) in [5, 5.41) is 0. The zero-order chi connectivity index (χ0) is 14.2. The molecule has 2 heteroatoms. The first-order chi connectivity index (χ1) is 8.91. The van der Waals surface area contributed by atoms with Crippen molar-refractivity contribution in [2.45, 2.75) is 32.5 Å². The van der Waals surface area contributed by atoms with Crippen LogP contribution in [0.5, 0.6) is 0 Å². The van der Waals surface area contributed by atoms with Crippen molar-refractivity contribution in [1.82, 2.24) is 0 Å². The summed E-state index contributed by atoms with van der Waals surface area (Å²) < 4.78 is 1.18. The smallest absolute Gasteiger partial charge is 0.0649 e. The number of aryl methyl sites for hydroxylation is 3. The highest BCUT2D eigenvalue weighted by Crippen LogP contribution is 2.37. The summed E-state index contributed by atoms with van der Waals surface area (Å²) in [7, 11) is 0. The summed E-state index contributed by atoms with van der Waals surface area (Å²) >= 11 is 7.47. The summed E-state index contributed by atoms with van der Waals surface area (Å²) in [4.78, 5) is 0.249. The van der Waals surface area contributed by atoms with Crippen LogP contribution in [0.3, 0.4) is 0 Å². The summed E-state index contributed by atoms with van der Waals surface area (Å²) in [6, 6.07) is 11.0. The lowest BCUT2D eigenvalue weighted by molar-refractivity contribution is 1.09. The van der Waals surface area contributed by atoms with Gasteiger partial charge in [-0.3, -0.25) is 0 Å². The number of alkyl halides is 1. The SMILES string of the molecule is Cc1cc(C(Br)c2cccc(C)c2C)c(C)cc1Br. The van der Waals surface area contributed by atoms with E-state index in [1.54, 1.807) is 0 Å². The van der Waals surface area contributed by atoms with Crippen molar-refractivity contribution >= 4 is 31.9 Å². The first-order valence-electron chi connectivity index (χ1n) is 6.38. The number of rotatable bonds is 2. The molecule has 0 fully saturated rings. The van der Waals surface area contributed by atoms with Gasteiger partial charge >= 0.3 is 0 Å². The highest BCUT2D eigenvalue weighted by Gasteiger charge is 2.16. The molecule has 2 aromatic rings. The molecular weight excluding hydrogens is 364 g/mol. The molecule has 0 radical (unpaired) electrons. The molecule has 0 aliphatic rings. The Morgan fingerprint density at radius 3 is 2.21 bits per heavy atom. The quantitative estimate of drug-likeness (QED) is 0.546. The zero-order valence-electron chi connectivity index (χ0n) is 11.7. The van der Waals surface area contributed by atoms with Gasteiger partial charge in [0.05, 0.1) is 4.83 Å². The number of hydrogen-bond donors (Lipinski definition) is 0. The van der Waals surface area contributed by atoms with E-state index in [2.05, 4.69) is 89.9 Å². The van der Waals surface area contributed by atoms with Gasteiger partial charge in [-0.2, -0.15) is 0 Å². The van der Waals surface area contributed by atoms with Crippen LogP contribution in [0.4, 0.5) is 0 Å². The van der Waals surface area contributed by atoms with Gasteiger partial charge in [-0.05, 0) is 67.1 Å². The zero-order valence-corrected chi connectivity index (χ0v) is 14.9. The van der Waals surface area contributed by atoms with Gasteiger partial charge < -0.3 is 0 Å². The molecule has 2 rings (SSSR count). The molecule has 0 N–H and O–H groups in total. The number of hydrogen-bond acceptors (Lipinski definition) is 0. The van der Waals surface area contributed by atoms with Gasteiger partial charge in [-0.15, -0.1) is 0 Å². The van der Waals surface area contributed by atoms with Crippen LogP contribution in [0.1, 0.15) is 38.2 Å². The van der Waals surface area contributed by atoms with E-state index in [0.29, 0.717) is 0 Å². The van der Waals surface area contributed by atoms with Crippen LogP contribution in [0.15, 0.2) is 34.8 Å². The Morgan fingerprint density at radius 1 is 0.842 bits per heavy atom. The van der Waals surface area contributed by atoms with Crippen molar-refractivity contribution in [3.8, 4) is 0 Å². The van der Waals surface area contributed by atoms with Gasteiger partial charge in [0.15, 0.2) is 0 Å². The van der Waals surface area contributed by atoms with Gasteiger partial charge in [0.25, 0.3) is 0 Å².